The molecule has 0 aliphatic carbocycles. The van der Waals surface area contributed by atoms with Crippen LogP contribution in [0.5, 0.6) is 0 Å². The maximum absolute atomic E-state index is 14.3. The maximum atomic E-state index is 14.3. The number of hydrogen-bond donors (Lipinski definition) is 1. The molecule has 1 N–H and O–H groups in total. The average molecular weight is 428 g/mol. The van der Waals surface area contributed by atoms with Crippen LogP contribution in [0, 0.1) is 5.82 Å². The molecule has 1 unspecified atom stereocenters. The molecule has 1 atom stereocenters. The van der Waals surface area contributed by atoms with Gasteiger partial charge in [-0.3, -0.25) is 0 Å². The Morgan fingerprint density at radius 2 is 2.16 bits per heavy atom. The van der Waals surface area contributed by atoms with Gasteiger partial charge >= 0.3 is 0 Å². The molecule has 1 aromatic heterocycles. The summed E-state index contributed by atoms with van der Waals surface area (Å²) < 4.78 is 15.9. The fourth-order valence-corrected chi connectivity index (χ4v) is 3.53. The van der Waals surface area contributed by atoms with Crippen LogP contribution in [0.3, 0.4) is 0 Å². The standard InChI is InChI=1S/C13H11Br2ClFNS/c1-2-18-13(7-5-10(15)19-6-7)8-3-4-9(14)11(16)12(8)17/h3-6,13,18H,2H2,1H3. The smallest absolute Gasteiger partial charge is 0.148 e. The lowest BCUT2D eigenvalue weighted by Crippen LogP contribution is -2.22. The van der Waals surface area contributed by atoms with Crippen molar-refractivity contribution in [1.29, 1.82) is 0 Å². The van der Waals surface area contributed by atoms with Gasteiger partial charge in [0.1, 0.15) is 5.82 Å². The summed E-state index contributed by atoms with van der Waals surface area (Å²) in [6.45, 7) is 2.73. The van der Waals surface area contributed by atoms with Crippen LogP contribution in [0.4, 0.5) is 4.39 Å². The van der Waals surface area contributed by atoms with Gasteiger partial charge < -0.3 is 5.32 Å². The molecule has 0 saturated heterocycles. The maximum Gasteiger partial charge on any atom is 0.148 e. The number of halogens is 4. The minimum atomic E-state index is -0.385. The van der Waals surface area contributed by atoms with E-state index in [4.69, 9.17) is 11.6 Å². The van der Waals surface area contributed by atoms with Crippen molar-refractivity contribution in [3.63, 3.8) is 0 Å². The Hall–Kier alpha value is 0.0600. The normalized spacial score (nSPS) is 12.7. The van der Waals surface area contributed by atoms with Crippen LogP contribution < -0.4 is 5.32 Å². The van der Waals surface area contributed by atoms with Crippen molar-refractivity contribution in [2.45, 2.75) is 13.0 Å². The van der Waals surface area contributed by atoms with Crippen molar-refractivity contribution in [3.05, 3.63) is 53.8 Å². The predicted molar refractivity (Wildman–Crippen MR) is 86.6 cm³/mol. The summed E-state index contributed by atoms with van der Waals surface area (Å²) in [6, 6.07) is 5.32. The molecular formula is C13H11Br2ClFNS. The van der Waals surface area contributed by atoms with Crippen LogP contribution in [-0.4, -0.2) is 6.54 Å². The Bertz CT molecular complexity index is 588. The predicted octanol–water partition coefficient (Wildman–Crippen LogP) is 5.76. The summed E-state index contributed by atoms with van der Waals surface area (Å²) in [5.74, 6) is -0.385. The van der Waals surface area contributed by atoms with Gasteiger partial charge in [0.25, 0.3) is 0 Å². The van der Waals surface area contributed by atoms with Crippen LogP contribution in [0.25, 0.3) is 0 Å². The second-order valence-corrected chi connectivity index (χ2v) is 7.46. The van der Waals surface area contributed by atoms with Crippen LogP contribution in [0.1, 0.15) is 24.1 Å². The van der Waals surface area contributed by atoms with E-state index in [-0.39, 0.29) is 16.9 Å². The molecule has 2 rings (SSSR count). The Morgan fingerprint density at radius 3 is 2.74 bits per heavy atom. The molecule has 0 amide bonds. The molecule has 0 aliphatic heterocycles. The molecule has 6 heteroatoms. The average Bonchev–Trinajstić information content (AvgIpc) is 2.81. The van der Waals surface area contributed by atoms with Crippen molar-refractivity contribution >= 4 is 54.8 Å². The first-order chi connectivity index (χ1) is 9.04. The SMILES string of the molecule is CCNC(c1csc(Br)c1)c1ccc(Br)c(Cl)c1F. The van der Waals surface area contributed by atoms with Crippen molar-refractivity contribution in [1.82, 2.24) is 5.32 Å². The molecule has 0 bridgehead atoms. The highest BCUT2D eigenvalue weighted by Crippen LogP contribution is 2.35. The van der Waals surface area contributed by atoms with Crippen LogP contribution >= 0.6 is 54.8 Å². The van der Waals surface area contributed by atoms with E-state index in [9.17, 15) is 4.39 Å². The number of hydrogen-bond acceptors (Lipinski definition) is 2. The molecule has 0 radical (unpaired) electrons. The van der Waals surface area contributed by atoms with E-state index in [1.165, 1.54) is 0 Å². The van der Waals surface area contributed by atoms with E-state index < -0.39 is 0 Å². The second kappa shape index (κ2) is 6.68. The van der Waals surface area contributed by atoms with E-state index in [0.29, 0.717) is 10.0 Å². The summed E-state index contributed by atoms with van der Waals surface area (Å²) in [4.78, 5) is 0. The number of nitrogens with one attached hydrogen (secondary N) is 1. The molecule has 1 nitrogen and oxygen atoms in total. The Balaban J connectivity index is 2.48. The first kappa shape index (κ1) is 15.4. The number of rotatable bonds is 4. The summed E-state index contributed by atoms with van der Waals surface area (Å²) in [7, 11) is 0. The molecule has 19 heavy (non-hydrogen) atoms. The third-order valence-electron chi connectivity index (χ3n) is 2.71. The van der Waals surface area contributed by atoms with E-state index in [1.807, 2.05) is 18.4 Å². The van der Waals surface area contributed by atoms with Crippen LogP contribution in [0.15, 0.2) is 31.8 Å². The van der Waals surface area contributed by atoms with Gasteiger partial charge in [0.2, 0.25) is 0 Å². The molecule has 1 heterocycles. The second-order valence-electron chi connectivity index (χ2n) is 3.94. The largest absolute Gasteiger partial charge is 0.306 e. The van der Waals surface area contributed by atoms with Crippen molar-refractivity contribution in [2.75, 3.05) is 6.54 Å². The van der Waals surface area contributed by atoms with E-state index in [0.717, 1.165) is 15.9 Å². The first-order valence-electron chi connectivity index (χ1n) is 5.65. The van der Waals surface area contributed by atoms with Gasteiger partial charge in [-0.25, -0.2) is 4.39 Å². The lowest BCUT2D eigenvalue weighted by Gasteiger charge is -2.19. The van der Waals surface area contributed by atoms with E-state index in [1.54, 1.807) is 23.5 Å². The van der Waals surface area contributed by atoms with Gasteiger partial charge in [0.15, 0.2) is 0 Å². The van der Waals surface area contributed by atoms with Gasteiger partial charge in [-0.2, -0.15) is 0 Å². The zero-order valence-corrected chi connectivity index (χ0v) is 14.8. The fourth-order valence-electron chi connectivity index (χ4n) is 1.85. The van der Waals surface area contributed by atoms with E-state index >= 15 is 0 Å². The van der Waals surface area contributed by atoms with Crippen LogP contribution in [-0.2, 0) is 0 Å². The molecule has 0 spiro atoms. The van der Waals surface area contributed by atoms with Gasteiger partial charge in [-0.05, 0) is 61.5 Å². The van der Waals surface area contributed by atoms with Gasteiger partial charge in [0, 0.05) is 10.0 Å². The highest BCUT2D eigenvalue weighted by molar-refractivity contribution is 9.11. The lowest BCUT2D eigenvalue weighted by molar-refractivity contribution is 0.559. The quantitative estimate of drug-likeness (QED) is 0.612. The summed E-state index contributed by atoms with van der Waals surface area (Å²) in [5, 5.41) is 5.41. The molecule has 2 aromatic rings. The topological polar surface area (TPSA) is 12.0 Å². The van der Waals surface area contributed by atoms with Crippen molar-refractivity contribution < 1.29 is 4.39 Å². The Morgan fingerprint density at radius 1 is 1.42 bits per heavy atom. The number of thiophene rings is 1. The highest BCUT2D eigenvalue weighted by atomic mass is 79.9. The molecule has 0 aliphatic rings. The van der Waals surface area contributed by atoms with Crippen LogP contribution in [0.2, 0.25) is 5.02 Å². The van der Waals surface area contributed by atoms with E-state index in [2.05, 4.69) is 37.2 Å². The Kier molecular flexibility index (Phi) is 5.43. The third-order valence-corrected chi connectivity index (χ3v) is 5.49. The highest BCUT2D eigenvalue weighted by Gasteiger charge is 2.21. The summed E-state index contributed by atoms with van der Waals surface area (Å²) >= 11 is 14.2. The fraction of sp³-hybridized carbons (Fsp3) is 0.231. The minimum absolute atomic E-state index is 0.120. The Labute approximate surface area is 137 Å². The molecule has 0 saturated carbocycles. The lowest BCUT2D eigenvalue weighted by atomic mass is 10.0. The van der Waals surface area contributed by atoms with Crippen molar-refractivity contribution in [3.8, 4) is 0 Å². The molecule has 0 fully saturated rings. The third kappa shape index (κ3) is 3.39. The monoisotopic (exact) mass is 425 g/mol. The number of benzene rings is 1. The van der Waals surface area contributed by atoms with Gasteiger partial charge in [-0.15, -0.1) is 11.3 Å². The van der Waals surface area contributed by atoms with Crippen molar-refractivity contribution in [2.24, 2.45) is 0 Å². The summed E-state index contributed by atoms with van der Waals surface area (Å²) in [5.41, 5.74) is 1.58. The summed E-state index contributed by atoms with van der Waals surface area (Å²) in [6.07, 6.45) is 0. The zero-order valence-electron chi connectivity index (χ0n) is 10.0. The molecular weight excluding hydrogens is 416 g/mol. The van der Waals surface area contributed by atoms with Gasteiger partial charge in [-0.1, -0.05) is 24.6 Å². The zero-order chi connectivity index (χ0) is 14.0. The molecule has 1 aromatic carbocycles. The van der Waals surface area contributed by atoms with Gasteiger partial charge in [0.05, 0.1) is 14.9 Å². The first-order valence-corrected chi connectivity index (χ1v) is 8.49. The molecule has 102 valence electrons. The minimum Gasteiger partial charge on any atom is -0.306 e.